The van der Waals surface area contributed by atoms with Crippen molar-refractivity contribution >= 4 is 17.6 Å². The fourth-order valence-electron chi connectivity index (χ4n) is 4.21. The Labute approximate surface area is 169 Å². The number of hydrogen-bond acceptors (Lipinski definition) is 4. The van der Waals surface area contributed by atoms with Gasteiger partial charge in [0, 0.05) is 22.9 Å². The molecule has 4 nitrogen and oxygen atoms in total. The zero-order chi connectivity index (χ0) is 19.7. The Morgan fingerprint density at radius 2 is 1.68 bits per heavy atom. The molecule has 5 heteroatoms. The summed E-state index contributed by atoms with van der Waals surface area (Å²) in [6, 6.07) is 15.1. The van der Waals surface area contributed by atoms with Crippen molar-refractivity contribution in [3.63, 3.8) is 0 Å². The van der Waals surface area contributed by atoms with Gasteiger partial charge in [-0.05, 0) is 35.4 Å². The molecule has 2 aliphatic rings. The third-order valence-electron chi connectivity index (χ3n) is 5.56. The number of carbonyl (C=O) groups excluding carboxylic acids is 1. The minimum absolute atomic E-state index is 0.0270. The third-order valence-corrected chi connectivity index (χ3v) is 5.81. The maximum atomic E-state index is 12.7. The molecule has 2 aromatic carbocycles. The number of carbonyl (C=O) groups is 1. The zero-order valence-electron chi connectivity index (χ0n) is 15.8. The van der Waals surface area contributed by atoms with Gasteiger partial charge in [-0.15, -0.1) is 0 Å². The van der Waals surface area contributed by atoms with Gasteiger partial charge >= 0.3 is 5.97 Å². The fourth-order valence-corrected chi connectivity index (χ4v) is 4.34. The number of halogens is 1. The summed E-state index contributed by atoms with van der Waals surface area (Å²) in [4.78, 5) is 12.7. The Kier molecular flexibility index (Phi) is 5.25. The van der Waals surface area contributed by atoms with Crippen LogP contribution in [0.1, 0.15) is 23.1 Å². The molecule has 0 spiro atoms. The Hall–Kier alpha value is -2.56. The van der Waals surface area contributed by atoms with Gasteiger partial charge in [-0.25, -0.2) is 0 Å². The highest BCUT2D eigenvalue weighted by Gasteiger charge is 2.45. The Morgan fingerprint density at radius 1 is 1.00 bits per heavy atom. The maximum Gasteiger partial charge on any atom is 0.323 e. The lowest BCUT2D eigenvalue weighted by atomic mass is 9.72. The molecule has 0 amide bonds. The van der Waals surface area contributed by atoms with Crippen LogP contribution in [0.2, 0.25) is 5.02 Å². The molecule has 144 valence electrons. The van der Waals surface area contributed by atoms with Crippen molar-refractivity contribution in [1.29, 1.82) is 0 Å². The van der Waals surface area contributed by atoms with E-state index in [2.05, 4.69) is 23.5 Å². The van der Waals surface area contributed by atoms with E-state index >= 15 is 0 Å². The highest BCUT2D eigenvalue weighted by Crippen LogP contribution is 2.47. The van der Waals surface area contributed by atoms with Gasteiger partial charge in [0.25, 0.3) is 0 Å². The summed E-state index contributed by atoms with van der Waals surface area (Å²) in [6.45, 7) is 0. The molecule has 28 heavy (non-hydrogen) atoms. The van der Waals surface area contributed by atoms with Gasteiger partial charge in [0.2, 0.25) is 0 Å². The third kappa shape index (κ3) is 3.34. The number of piperidine rings is 1. The average Bonchev–Trinajstić information content (AvgIpc) is 3.22. The van der Waals surface area contributed by atoms with Crippen molar-refractivity contribution in [2.24, 2.45) is 5.92 Å². The SMILES string of the molecule is COC(=O)[C@@H]1N[C@H](c2ccc(Cl)cc2)[C@H]2C=CC=C2[C@H]1c1ccc(OC)cc1. The van der Waals surface area contributed by atoms with E-state index in [1.54, 1.807) is 7.11 Å². The first-order valence-corrected chi connectivity index (χ1v) is 9.61. The number of allylic oxidation sites excluding steroid dienone is 2. The quantitative estimate of drug-likeness (QED) is 0.778. The first-order valence-electron chi connectivity index (χ1n) is 9.24. The van der Waals surface area contributed by atoms with E-state index in [9.17, 15) is 4.79 Å². The summed E-state index contributed by atoms with van der Waals surface area (Å²) in [7, 11) is 3.07. The van der Waals surface area contributed by atoms with Crippen molar-refractivity contribution in [1.82, 2.24) is 5.32 Å². The highest BCUT2D eigenvalue weighted by atomic mass is 35.5. The van der Waals surface area contributed by atoms with Crippen LogP contribution in [0.25, 0.3) is 0 Å². The maximum absolute atomic E-state index is 12.7. The number of benzene rings is 2. The minimum atomic E-state index is -0.485. The van der Waals surface area contributed by atoms with Gasteiger partial charge in [-0.1, -0.05) is 59.7 Å². The van der Waals surface area contributed by atoms with Crippen molar-refractivity contribution < 1.29 is 14.3 Å². The number of esters is 1. The smallest absolute Gasteiger partial charge is 0.323 e. The van der Waals surface area contributed by atoms with Crippen LogP contribution in [-0.4, -0.2) is 26.2 Å². The number of fused-ring (bicyclic) bond motifs is 1. The van der Waals surface area contributed by atoms with Crippen molar-refractivity contribution in [2.75, 3.05) is 14.2 Å². The van der Waals surface area contributed by atoms with Crippen molar-refractivity contribution in [2.45, 2.75) is 18.0 Å². The molecule has 4 atom stereocenters. The van der Waals surface area contributed by atoms with Crippen LogP contribution in [0.3, 0.4) is 0 Å². The van der Waals surface area contributed by atoms with Crippen LogP contribution in [-0.2, 0) is 9.53 Å². The van der Waals surface area contributed by atoms with Crippen LogP contribution < -0.4 is 10.1 Å². The van der Waals surface area contributed by atoms with Crippen molar-refractivity contribution in [3.8, 4) is 5.75 Å². The number of hydrogen-bond donors (Lipinski definition) is 1. The van der Waals surface area contributed by atoms with Gasteiger partial charge in [0.1, 0.15) is 11.8 Å². The predicted octanol–water partition coefficient (Wildman–Crippen LogP) is 4.43. The second-order valence-corrected chi connectivity index (χ2v) is 7.46. The van der Waals surface area contributed by atoms with Gasteiger partial charge in [0.05, 0.1) is 14.2 Å². The van der Waals surface area contributed by atoms with E-state index in [1.807, 2.05) is 48.5 Å². The molecule has 1 aliphatic heterocycles. The lowest BCUT2D eigenvalue weighted by Gasteiger charge is -2.42. The molecule has 0 radical (unpaired) electrons. The van der Waals surface area contributed by atoms with E-state index in [0.29, 0.717) is 5.02 Å². The largest absolute Gasteiger partial charge is 0.497 e. The topological polar surface area (TPSA) is 47.6 Å². The van der Waals surface area contributed by atoms with E-state index in [4.69, 9.17) is 21.1 Å². The van der Waals surface area contributed by atoms with Crippen LogP contribution >= 0.6 is 11.6 Å². The Balaban J connectivity index is 1.75. The summed E-state index contributed by atoms with van der Waals surface area (Å²) >= 11 is 6.06. The lowest BCUT2D eigenvalue weighted by Crippen LogP contribution is -2.51. The molecular weight excluding hydrogens is 374 g/mol. The monoisotopic (exact) mass is 395 g/mol. The molecule has 1 N–H and O–H groups in total. The van der Waals surface area contributed by atoms with Gasteiger partial charge in [0.15, 0.2) is 0 Å². The van der Waals surface area contributed by atoms with E-state index in [-0.39, 0.29) is 23.8 Å². The molecule has 1 aliphatic carbocycles. The fraction of sp³-hybridized carbons (Fsp3) is 0.261. The summed E-state index contributed by atoms with van der Waals surface area (Å²) in [5.74, 6) is 0.568. The summed E-state index contributed by atoms with van der Waals surface area (Å²) in [6.07, 6.45) is 6.38. The number of methoxy groups -OCH3 is 2. The number of rotatable bonds is 4. The van der Waals surface area contributed by atoms with Gasteiger partial charge < -0.3 is 9.47 Å². The predicted molar refractivity (Wildman–Crippen MR) is 110 cm³/mol. The summed E-state index contributed by atoms with van der Waals surface area (Å²) in [5, 5.41) is 4.24. The average molecular weight is 396 g/mol. The second-order valence-electron chi connectivity index (χ2n) is 7.02. The molecular formula is C23H22ClNO3. The first-order chi connectivity index (χ1) is 13.6. The minimum Gasteiger partial charge on any atom is -0.497 e. The molecule has 1 fully saturated rings. The summed E-state index contributed by atoms with van der Waals surface area (Å²) in [5.41, 5.74) is 3.35. The first kappa shape index (κ1) is 18.8. The Morgan fingerprint density at radius 3 is 2.32 bits per heavy atom. The molecule has 0 aromatic heterocycles. The number of nitrogens with one attached hydrogen (secondary N) is 1. The zero-order valence-corrected chi connectivity index (χ0v) is 16.5. The normalized spacial score (nSPS) is 25.8. The van der Waals surface area contributed by atoms with E-state index < -0.39 is 6.04 Å². The standard InChI is InChI=1S/C23H22ClNO3/c1-27-17-12-8-14(9-13-17)20-18-4-3-5-19(18)21(25-22(20)23(26)28-2)15-6-10-16(24)11-7-15/h3-13,19-22,25H,1-2H3/t19-,20+,21+,22+/m0/s1. The summed E-state index contributed by atoms with van der Waals surface area (Å²) < 4.78 is 10.4. The molecule has 0 bridgehead atoms. The highest BCUT2D eigenvalue weighted by molar-refractivity contribution is 6.30. The number of ether oxygens (including phenoxy) is 2. The van der Waals surface area contributed by atoms with Crippen LogP contribution in [0, 0.1) is 5.92 Å². The Bertz CT molecular complexity index is 918. The van der Waals surface area contributed by atoms with Crippen LogP contribution in [0.15, 0.2) is 72.3 Å². The van der Waals surface area contributed by atoms with Crippen LogP contribution in [0.5, 0.6) is 5.75 Å². The van der Waals surface area contributed by atoms with Crippen LogP contribution in [0.4, 0.5) is 0 Å². The molecule has 4 rings (SSSR count). The van der Waals surface area contributed by atoms with Crippen molar-refractivity contribution in [3.05, 3.63) is 88.5 Å². The molecule has 0 saturated carbocycles. The molecule has 0 unspecified atom stereocenters. The molecule has 2 aromatic rings. The van der Waals surface area contributed by atoms with E-state index in [0.717, 1.165) is 16.9 Å². The lowest BCUT2D eigenvalue weighted by molar-refractivity contribution is -0.144. The second kappa shape index (κ2) is 7.82. The van der Waals surface area contributed by atoms with E-state index in [1.165, 1.54) is 12.7 Å². The van der Waals surface area contributed by atoms with Gasteiger partial charge in [-0.2, -0.15) is 0 Å². The van der Waals surface area contributed by atoms with Gasteiger partial charge in [-0.3, -0.25) is 10.1 Å². The molecule has 1 saturated heterocycles. The molecule has 1 heterocycles.